The average molecular weight is 194 g/mol. The van der Waals surface area contributed by atoms with Gasteiger partial charge in [-0.1, -0.05) is 6.92 Å². The first kappa shape index (κ1) is 9.52. The molecule has 2 unspecified atom stereocenters. The predicted molar refractivity (Wildman–Crippen MR) is 57.2 cm³/mol. The summed E-state index contributed by atoms with van der Waals surface area (Å²) in [6.07, 6.45) is 1.82. The molecular formula is C10H18N4. The van der Waals surface area contributed by atoms with Gasteiger partial charge in [0.05, 0.1) is 6.20 Å². The third-order valence-corrected chi connectivity index (χ3v) is 3.04. The van der Waals surface area contributed by atoms with Crippen LogP contribution in [0.5, 0.6) is 0 Å². The lowest BCUT2D eigenvalue weighted by Crippen LogP contribution is -2.21. The fraction of sp³-hybridized carbons (Fsp3) is 0.700. The summed E-state index contributed by atoms with van der Waals surface area (Å²) in [6.45, 7) is 5.62. The molecular weight excluding hydrogens is 176 g/mol. The lowest BCUT2D eigenvalue weighted by molar-refractivity contribution is 0.473. The van der Waals surface area contributed by atoms with Crippen LogP contribution in [0, 0.1) is 11.8 Å². The molecule has 0 bridgehead atoms. The molecule has 0 radical (unpaired) electrons. The van der Waals surface area contributed by atoms with Gasteiger partial charge in [-0.2, -0.15) is 5.10 Å². The van der Waals surface area contributed by atoms with Crippen LogP contribution in [0.15, 0.2) is 12.3 Å². The van der Waals surface area contributed by atoms with Crippen LogP contribution in [0.1, 0.15) is 6.92 Å². The number of aromatic nitrogens is 2. The van der Waals surface area contributed by atoms with E-state index in [1.807, 2.05) is 24.0 Å². The topological polar surface area (TPSA) is 41.9 Å². The van der Waals surface area contributed by atoms with E-state index in [-0.39, 0.29) is 0 Å². The van der Waals surface area contributed by atoms with Crippen molar-refractivity contribution in [1.82, 2.24) is 15.1 Å². The monoisotopic (exact) mass is 194 g/mol. The molecule has 1 saturated heterocycles. The second-order valence-electron chi connectivity index (χ2n) is 4.12. The Morgan fingerprint density at radius 2 is 2.50 bits per heavy atom. The summed E-state index contributed by atoms with van der Waals surface area (Å²) < 4.78 is 1.87. The van der Waals surface area contributed by atoms with E-state index in [0.29, 0.717) is 0 Å². The standard InChI is InChI=1S/C10H18N4/c1-8-5-11-6-9(8)7-12-10-3-4-13-14(10)2/h3-4,8-9,11-12H,5-7H2,1-2H3. The summed E-state index contributed by atoms with van der Waals surface area (Å²) in [5.41, 5.74) is 0. The zero-order valence-corrected chi connectivity index (χ0v) is 8.83. The van der Waals surface area contributed by atoms with E-state index in [9.17, 15) is 0 Å². The van der Waals surface area contributed by atoms with Crippen molar-refractivity contribution < 1.29 is 0 Å². The highest BCUT2D eigenvalue weighted by Crippen LogP contribution is 2.16. The van der Waals surface area contributed by atoms with Crippen LogP contribution in [0.4, 0.5) is 5.82 Å². The second-order valence-corrected chi connectivity index (χ2v) is 4.12. The molecule has 0 saturated carbocycles. The van der Waals surface area contributed by atoms with E-state index in [1.54, 1.807) is 0 Å². The van der Waals surface area contributed by atoms with Crippen molar-refractivity contribution in [1.29, 1.82) is 0 Å². The molecule has 2 rings (SSSR count). The quantitative estimate of drug-likeness (QED) is 0.744. The van der Waals surface area contributed by atoms with Gasteiger partial charge >= 0.3 is 0 Å². The largest absolute Gasteiger partial charge is 0.370 e. The first-order chi connectivity index (χ1) is 6.77. The summed E-state index contributed by atoms with van der Waals surface area (Å²) in [5, 5.41) is 10.9. The first-order valence-corrected chi connectivity index (χ1v) is 5.20. The van der Waals surface area contributed by atoms with E-state index in [1.165, 1.54) is 0 Å². The van der Waals surface area contributed by atoms with Gasteiger partial charge in [0.1, 0.15) is 5.82 Å². The van der Waals surface area contributed by atoms with Crippen LogP contribution in [-0.2, 0) is 7.05 Å². The van der Waals surface area contributed by atoms with Gasteiger partial charge in [0.2, 0.25) is 0 Å². The molecule has 0 aliphatic carbocycles. The third-order valence-electron chi connectivity index (χ3n) is 3.04. The number of anilines is 1. The summed E-state index contributed by atoms with van der Waals surface area (Å²) in [4.78, 5) is 0. The maximum absolute atomic E-state index is 4.12. The Morgan fingerprint density at radius 1 is 1.64 bits per heavy atom. The maximum Gasteiger partial charge on any atom is 0.123 e. The van der Waals surface area contributed by atoms with Gasteiger partial charge in [-0.15, -0.1) is 0 Å². The number of hydrogen-bond acceptors (Lipinski definition) is 3. The van der Waals surface area contributed by atoms with Gasteiger partial charge in [-0.25, -0.2) is 0 Å². The van der Waals surface area contributed by atoms with Crippen molar-refractivity contribution in [2.24, 2.45) is 18.9 Å². The smallest absolute Gasteiger partial charge is 0.123 e. The van der Waals surface area contributed by atoms with Crippen LogP contribution < -0.4 is 10.6 Å². The zero-order valence-electron chi connectivity index (χ0n) is 8.83. The van der Waals surface area contributed by atoms with Crippen molar-refractivity contribution in [3.63, 3.8) is 0 Å². The van der Waals surface area contributed by atoms with E-state index in [0.717, 1.165) is 37.3 Å². The van der Waals surface area contributed by atoms with E-state index >= 15 is 0 Å². The minimum atomic E-state index is 0.741. The summed E-state index contributed by atoms with van der Waals surface area (Å²) in [6, 6.07) is 2.01. The molecule has 4 heteroatoms. The lowest BCUT2D eigenvalue weighted by Gasteiger charge is -2.15. The molecule has 0 spiro atoms. The van der Waals surface area contributed by atoms with Crippen molar-refractivity contribution in [2.45, 2.75) is 6.92 Å². The summed E-state index contributed by atoms with van der Waals surface area (Å²) in [7, 11) is 1.96. The summed E-state index contributed by atoms with van der Waals surface area (Å²) in [5.74, 6) is 2.62. The van der Waals surface area contributed by atoms with E-state index < -0.39 is 0 Å². The Morgan fingerprint density at radius 3 is 3.07 bits per heavy atom. The van der Waals surface area contributed by atoms with Crippen molar-refractivity contribution >= 4 is 5.82 Å². The Bertz CT molecular complexity index is 294. The van der Waals surface area contributed by atoms with Gasteiger partial charge in [0.15, 0.2) is 0 Å². The highest BCUT2D eigenvalue weighted by molar-refractivity contribution is 5.33. The van der Waals surface area contributed by atoms with Gasteiger partial charge in [-0.3, -0.25) is 4.68 Å². The molecule has 2 N–H and O–H groups in total. The van der Waals surface area contributed by atoms with Crippen LogP contribution in [0.2, 0.25) is 0 Å². The number of hydrogen-bond donors (Lipinski definition) is 2. The Kier molecular flexibility index (Phi) is 2.72. The average Bonchev–Trinajstić information content (AvgIpc) is 2.72. The van der Waals surface area contributed by atoms with Gasteiger partial charge in [0, 0.05) is 19.7 Å². The fourth-order valence-corrected chi connectivity index (χ4v) is 1.92. The molecule has 0 aromatic carbocycles. The molecule has 14 heavy (non-hydrogen) atoms. The Hall–Kier alpha value is -1.03. The molecule has 1 aromatic rings. The second kappa shape index (κ2) is 4.00. The zero-order chi connectivity index (χ0) is 9.97. The minimum absolute atomic E-state index is 0.741. The molecule has 4 nitrogen and oxygen atoms in total. The lowest BCUT2D eigenvalue weighted by atomic mass is 9.98. The van der Waals surface area contributed by atoms with Gasteiger partial charge in [-0.05, 0) is 24.9 Å². The van der Waals surface area contributed by atoms with Crippen molar-refractivity contribution in [3.8, 4) is 0 Å². The Balaban J connectivity index is 1.85. The van der Waals surface area contributed by atoms with Crippen molar-refractivity contribution in [3.05, 3.63) is 12.3 Å². The molecule has 1 aromatic heterocycles. The van der Waals surface area contributed by atoms with E-state index in [2.05, 4.69) is 22.7 Å². The minimum Gasteiger partial charge on any atom is -0.370 e. The highest BCUT2D eigenvalue weighted by Gasteiger charge is 2.22. The number of rotatable bonds is 3. The number of aryl methyl sites for hydroxylation is 1. The van der Waals surface area contributed by atoms with Crippen LogP contribution in [-0.4, -0.2) is 29.4 Å². The molecule has 2 atom stereocenters. The molecule has 1 aliphatic heterocycles. The van der Waals surface area contributed by atoms with Gasteiger partial charge < -0.3 is 10.6 Å². The third kappa shape index (κ3) is 1.90. The Labute approximate surface area is 84.7 Å². The molecule has 2 heterocycles. The van der Waals surface area contributed by atoms with Crippen LogP contribution >= 0.6 is 0 Å². The van der Waals surface area contributed by atoms with Gasteiger partial charge in [0.25, 0.3) is 0 Å². The fourth-order valence-electron chi connectivity index (χ4n) is 1.92. The molecule has 0 amide bonds. The van der Waals surface area contributed by atoms with Crippen LogP contribution in [0.25, 0.3) is 0 Å². The van der Waals surface area contributed by atoms with Crippen molar-refractivity contribution in [2.75, 3.05) is 25.0 Å². The first-order valence-electron chi connectivity index (χ1n) is 5.20. The van der Waals surface area contributed by atoms with Crippen LogP contribution in [0.3, 0.4) is 0 Å². The summed E-state index contributed by atoms with van der Waals surface area (Å²) >= 11 is 0. The maximum atomic E-state index is 4.12. The molecule has 1 fully saturated rings. The highest BCUT2D eigenvalue weighted by atomic mass is 15.3. The normalized spacial score (nSPS) is 26.7. The molecule has 78 valence electrons. The van der Waals surface area contributed by atoms with E-state index in [4.69, 9.17) is 0 Å². The molecule has 1 aliphatic rings. The SMILES string of the molecule is CC1CNCC1CNc1ccnn1C. The predicted octanol–water partition coefficient (Wildman–Crippen LogP) is 0.687. The number of nitrogens with one attached hydrogen (secondary N) is 2. The number of nitrogens with zero attached hydrogens (tertiary/aromatic N) is 2.